The minimum atomic E-state index is 0.00514. The van der Waals surface area contributed by atoms with E-state index in [2.05, 4.69) is 13.5 Å². The molecule has 0 unspecified atom stereocenters. The summed E-state index contributed by atoms with van der Waals surface area (Å²) in [6.07, 6.45) is 2.34. The molecule has 0 aliphatic rings. The van der Waals surface area contributed by atoms with Gasteiger partial charge in [-0.2, -0.15) is 0 Å². The summed E-state index contributed by atoms with van der Waals surface area (Å²) in [7, 11) is 3.89. The van der Waals surface area contributed by atoms with Crippen LogP contribution >= 0.6 is 0 Å². The zero-order valence-electron chi connectivity index (χ0n) is 8.21. The van der Waals surface area contributed by atoms with Crippen molar-refractivity contribution >= 4 is 5.91 Å². The average Bonchev–Trinajstić information content (AvgIpc) is 2.01. The Morgan fingerprint density at radius 2 is 2.08 bits per heavy atom. The van der Waals surface area contributed by atoms with Crippen molar-refractivity contribution in [2.45, 2.75) is 13.3 Å². The van der Waals surface area contributed by atoms with E-state index in [0.717, 1.165) is 13.0 Å². The van der Waals surface area contributed by atoms with Crippen molar-refractivity contribution in [3.8, 4) is 0 Å². The Morgan fingerprint density at radius 3 is 2.42 bits per heavy atom. The fourth-order valence-corrected chi connectivity index (χ4v) is 0.991. The minimum Gasteiger partial charge on any atom is -0.326 e. The summed E-state index contributed by atoms with van der Waals surface area (Å²) in [4.78, 5) is 15.0. The van der Waals surface area contributed by atoms with Gasteiger partial charge in [0, 0.05) is 6.54 Å². The number of carbonyl (C=O) groups excluding carboxylic acids is 1. The van der Waals surface area contributed by atoms with Gasteiger partial charge in [-0.1, -0.05) is 13.5 Å². The number of hydrogen-bond acceptors (Lipinski definition) is 2. The third-order valence-electron chi connectivity index (χ3n) is 1.43. The van der Waals surface area contributed by atoms with E-state index >= 15 is 0 Å². The highest BCUT2D eigenvalue weighted by molar-refractivity contribution is 5.86. The van der Waals surface area contributed by atoms with Crippen LogP contribution in [0.1, 0.15) is 13.3 Å². The van der Waals surface area contributed by atoms with Gasteiger partial charge >= 0.3 is 0 Å². The average molecular weight is 170 g/mol. The maximum atomic E-state index is 11.2. The molecule has 0 saturated heterocycles. The molecule has 0 aromatic carbocycles. The van der Waals surface area contributed by atoms with Crippen molar-refractivity contribution in [3.63, 3.8) is 0 Å². The van der Waals surface area contributed by atoms with Crippen LogP contribution in [0.3, 0.4) is 0 Å². The van der Waals surface area contributed by atoms with Crippen LogP contribution in [0.25, 0.3) is 0 Å². The maximum Gasteiger partial charge on any atom is 0.246 e. The second kappa shape index (κ2) is 5.77. The molecule has 0 saturated carbocycles. The monoisotopic (exact) mass is 170 g/mol. The van der Waals surface area contributed by atoms with Crippen LogP contribution < -0.4 is 0 Å². The number of hydrogen-bond donors (Lipinski definition) is 0. The molecule has 0 atom stereocenters. The second-order valence-corrected chi connectivity index (χ2v) is 3.03. The molecule has 0 aromatic heterocycles. The first-order valence-electron chi connectivity index (χ1n) is 4.17. The lowest BCUT2D eigenvalue weighted by atomic mass is 10.4. The Hall–Kier alpha value is -0.830. The summed E-state index contributed by atoms with van der Waals surface area (Å²) in [5.41, 5.74) is 0. The van der Waals surface area contributed by atoms with E-state index in [4.69, 9.17) is 0 Å². The predicted molar refractivity (Wildman–Crippen MR) is 50.8 cm³/mol. The molecule has 0 aromatic rings. The van der Waals surface area contributed by atoms with Gasteiger partial charge in [0.25, 0.3) is 0 Å². The van der Waals surface area contributed by atoms with Crippen molar-refractivity contribution in [1.82, 2.24) is 9.80 Å². The van der Waals surface area contributed by atoms with Gasteiger partial charge in [0.15, 0.2) is 0 Å². The maximum absolute atomic E-state index is 11.2. The van der Waals surface area contributed by atoms with E-state index in [0.29, 0.717) is 6.67 Å². The van der Waals surface area contributed by atoms with E-state index < -0.39 is 0 Å². The van der Waals surface area contributed by atoms with Crippen LogP contribution in [0.15, 0.2) is 12.7 Å². The van der Waals surface area contributed by atoms with E-state index in [1.165, 1.54) is 6.08 Å². The van der Waals surface area contributed by atoms with Crippen LogP contribution in [0, 0.1) is 0 Å². The molecule has 0 N–H and O–H groups in total. The quantitative estimate of drug-likeness (QED) is 0.452. The van der Waals surface area contributed by atoms with Gasteiger partial charge in [-0.25, -0.2) is 0 Å². The third kappa shape index (κ3) is 4.13. The Kier molecular flexibility index (Phi) is 5.37. The SMILES string of the molecule is C=CC(=O)N(CCC)CN(C)C. The highest BCUT2D eigenvalue weighted by Crippen LogP contribution is 1.94. The van der Waals surface area contributed by atoms with Gasteiger partial charge in [-0.05, 0) is 26.6 Å². The van der Waals surface area contributed by atoms with Crippen LogP contribution in [0.5, 0.6) is 0 Å². The molecule has 70 valence electrons. The van der Waals surface area contributed by atoms with Crippen molar-refractivity contribution in [2.75, 3.05) is 27.3 Å². The molecule has 0 rings (SSSR count). The second-order valence-electron chi connectivity index (χ2n) is 3.03. The van der Waals surface area contributed by atoms with Crippen molar-refractivity contribution in [2.24, 2.45) is 0 Å². The minimum absolute atomic E-state index is 0.00514. The van der Waals surface area contributed by atoms with Gasteiger partial charge in [0.2, 0.25) is 5.91 Å². The molecule has 0 aliphatic heterocycles. The molecular formula is C9H18N2O. The van der Waals surface area contributed by atoms with Gasteiger partial charge < -0.3 is 4.90 Å². The summed E-state index contributed by atoms with van der Waals surface area (Å²) in [5.74, 6) is 0.00514. The zero-order valence-corrected chi connectivity index (χ0v) is 8.21. The molecular weight excluding hydrogens is 152 g/mol. The van der Waals surface area contributed by atoms with Crippen LogP contribution in [0.2, 0.25) is 0 Å². The van der Waals surface area contributed by atoms with Crippen LogP contribution in [0.4, 0.5) is 0 Å². The molecule has 0 bridgehead atoms. The molecule has 3 heteroatoms. The van der Waals surface area contributed by atoms with Crippen molar-refractivity contribution < 1.29 is 4.79 Å². The number of amides is 1. The van der Waals surface area contributed by atoms with E-state index in [1.54, 1.807) is 4.90 Å². The summed E-state index contributed by atoms with van der Waals surface area (Å²) >= 11 is 0. The topological polar surface area (TPSA) is 23.6 Å². The fraction of sp³-hybridized carbons (Fsp3) is 0.667. The summed E-state index contributed by atoms with van der Waals surface area (Å²) in [6, 6.07) is 0. The Bertz CT molecular complexity index is 155. The zero-order chi connectivity index (χ0) is 9.56. The largest absolute Gasteiger partial charge is 0.326 e. The van der Waals surface area contributed by atoms with Crippen molar-refractivity contribution in [3.05, 3.63) is 12.7 Å². The van der Waals surface area contributed by atoms with Crippen LogP contribution in [-0.4, -0.2) is 43.0 Å². The molecule has 0 heterocycles. The molecule has 0 spiro atoms. The highest BCUT2D eigenvalue weighted by Gasteiger charge is 2.08. The normalized spacial score (nSPS) is 10.0. The summed E-state index contributed by atoms with van der Waals surface area (Å²) < 4.78 is 0. The molecule has 3 nitrogen and oxygen atoms in total. The van der Waals surface area contributed by atoms with Crippen molar-refractivity contribution in [1.29, 1.82) is 0 Å². The predicted octanol–water partition coefficient (Wildman–Crippen LogP) is 0.930. The Labute approximate surface area is 74.7 Å². The van der Waals surface area contributed by atoms with Gasteiger partial charge in [0.1, 0.15) is 0 Å². The summed E-state index contributed by atoms with van der Waals surface area (Å²) in [5, 5.41) is 0. The smallest absolute Gasteiger partial charge is 0.246 e. The third-order valence-corrected chi connectivity index (χ3v) is 1.43. The van der Waals surface area contributed by atoms with E-state index in [1.807, 2.05) is 19.0 Å². The van der Waals surface area contributed by atoms with Gasteiger partial charge in [0.05, 0.1) is 6.67 Å². The van der Waals surface area contributed by atoms with E-state index in [9.17, 15) is 4.79 Å². The molecule has 12 heavy (non-hydrogen) atoms. The first kappa shape index (κ1) is 11.2. The lowest BCUT2D eigenvalue weighted by molar-refractivity contribution is -0.127. The first-order valence-corrected chi connectivity index (χ1v) is 4.17. The van der Waals surface area contributed by atoms with Gasteiger partial charge in [-0.15, -0.1) is 0 Å². The molecule has 0 radical (unpaired) electrons. The lowest BCUT2D eigenvalue weighted by Gasteiger charge is -2.24. The fourth-order valence-electron chi connectivity index (χ4n) is 0.991. The van der Waals surface area contributed by atoms with E-state index in [-0.39, 0.29) is 5.91 Å². The molecule has 0 fully saturated rings. The lowest BCUT2D eigenvalue weighted by Crippen LogP contribution is -2.37. The first-order chi connectivity index (χ1) is 5.61. The Morgan fingerprint density at radius 1 is 1.50 bits per heavy atom. The number of rotatable bonds is 5. The highest BCUT2D eigenvalue weighted by atomic mass is 16.2. The molecule has 1 amide bonds. The molecule has 0 aliphatic carbocycles. The van der Waals surface area contributed by atoms with Gasteiger partial charge in [-0.3, -0.25) is 9.69 Å². The van der Waals surface area contributed by atoms with Crippen LogP contribution in [-0.2, 0) is 4.79 Å². The number of carbonyl (C=O) groups is 1. The standard InChI is InChI=1S/C9H18N2O/c1-5-7-11(8-10(3)4)9(12)6-2/h6H,2,5,7-8H2,1,3-4H3. The summed E-state index contributed by atoms with van der Waals surface area (Å²) in [6.45, 7) is 6.98. The number of nitrogens with zero attached hydrogens (tertiary/aromatic N) is 2. The Balaban J connectivity index is 4.02.